The predicted molar refractivity (Wildman–Crippen MR) is 229 cm³/mol. The van der Waals surface area contributed by atoms with Crippen molar-refractivity contribution in [2.75, 3.05) is 65.6 Å². The summed E-state index contributed by atoms with van der Waals surface area (Å²) in [4.78, 5) is 54.3. The van der Waals surface area contributed by atoms with E-state index in [0.29, 0.717) is 65.1 Å². The van der Waals surface area contributed by atoms with Crippen molar-refractivity contribution in [3.05, 3.63) is 0 Å². The predicted octanol–water partition coefficient (Wildman–Crippen LogP) is 9.71. The van der Waals surface area contributed by atoms with E-state index >= 15 is 0 Å². The van der Waals surface area contributed by atoms with Crippen LogP contribution in [0.5, 0.6) is 0 Å². The van der Waals surface area contributed by atoms with Crippen LogP contribution in [0.1, 0.15) is 188 Å². The molecule has 2 amide bonds. The number of unbranched alkanes of at least 4 members (excludes halogenated alkanes) is 12. The molecule has 0 saturated carbocycles. The molecule has 0 aromatic heterocycles. The Morgan fingerprint density at radius 3 is 1.42 bits per heavy atom. The molecule has 1 saturated heterocycles. The monoisotopic (exact) mass is 811 g/mol. The van der Waals surface area contributed by atoms with Gasteiger partial charge in [0.2, 0.25) is 0 Å². The van der Waals surface area contributed by atoms with Crippen molar-refractivity contribution < 1.29 is 38.1 Å². The van der Waals surface area contributed by atoms with Crippen LogP contribution in [0.25, 0.3) is 0 Å². The molecule has 12 nitrogen and oxygen atoms in total. The van der Waals surface area contributed by atoms with Gasteiger partial charge in [0.25, 0.3) is 0 Å². The lowest BCUT2D eigenvalue weighted by molar-refractivity contribution is -0.144. The molecule has 57 heavy (non-hydrogen) atoms. The van der Waals surface area contributed by atoms with Gasteiger partial charge in [-0.25, -0.2) is 9.59 Å². The zero-order valence-corrected chi connectivity index (χ0v) is 37.1. The molecular formula is C45H86N4O8. The van der Waals surface area contributed by atoms with Crippen molar-refractivity contribution in [2.45, 2.75) is 200 Å². The van der Waals surface area contributed by atoms with E-state index in [1.807, 2.05) is 0 Å². The van der Waals surface area contributed by atoms with Gasteiger partial charge in [-0.05, 0) is 90.1 Å². The number of esters is 2. The number of amides is 2. The minimum Gasteiger partial charge on any atom is -0.466 e. The van der Waals surface area contributed by atoms with Crippen LogP contribution < -0.4 is 10.6 Å². The number of nitrogens with zero attached hydrogens (tertiary/aromatic N) is 2. The van der Waals surface area contributed by atoms with Crippen LogP contribution in [0.4, 0.5) is 9.59 Å². The molecule has 0 aromatic rings. The first-order valence-electron chi connectivity index (χ1n) is 23.5. The van der Waals surface area contributed by atoms with Crippen LogP contribution in [0.3, 0.4) is 0 Å². The molecule has 0 aromatic carbocycles. The van der Waals surface area contributed by atoms with Crippen molar-refractivity contribution in [1.29, 1.82) is 0 Å². The summed E-state index contributed by atoms with van der Waals surface area (Å²) >= 11 is 0. The van der Waals surface area contributed by atoms with Gasteiger partial charge >= 0.3 is 24.1 Å². The number of alkyl carbamates (subject to hydrolysis) is 2. The quantitative estimate of drug-likeness (QED) is 0.0355. The summed E-state index contributed by atoms with van der Waals surface area (Å²) in [6.07, 6.45) is 24.2. The van der Waals surface area contributed by atoms with Gasteiger partial charge in [0.1, 0.15) is 12.2 Å². The van der Waals surface area contributed by atoms with Crippen LogP contribution in [0.2, 0.25) is 0 Å². The number of nitrogens with one attached hydrogen (secondary N) is 2. The number of carbonyl (C=O) groups excluding carboxylic acids is 4. The lowest BCUT2D eigenvalue weighted by Crippen LogP contribution is -2.39. The molecule has 12 heteroatoms. The molecule has 0 bridgehead atoms. The standard InChI is InChI=1S/C45H86N4O8/c1-5-9-11-13-15-18-26-40(7-3)56-44(52)46-30-20-24-38-54-42(50)28-34-49(37-36-48-32-22-17-23-33-48)35-29-43(51)55-39-25-21-31-47-45(53)57-41(8-4)27-19-16-14-12-10-6-2/h40-41H,5-39H2,1-4H3,(H,46,52)(H,47,53). The Hall–Kier alpha value is -2.60. The topological polar surface area (TPSA) is 136 Å². The molecule has 1 fully saturated rings. The summed E-state index contributed by atoms with van der Waals surface area (Å²) in [6.45, 7) is 15.0. The van der Waals surface area contributed by atoms with E-state index in [-0.39, 0.29) is 49.2 Å². The summed E-state index contributed by atoms with van der Waals surface area (Å²) < 4.78 is 22.2. The highest BCUT2D eigenvalue weighted by molar-refractivity contribution is 5.70. The maximum Gasteiger partial charge on any atom is 0.407 e. The number of ether oxygens (including phenoxy) is 4. The van der Waals surface area contributed by atoms with Gasteiger partial charge in [0.15, 0.2) is 0 Å². The highest BCUT2D eigenvalue weighted by atomic mass is 16.6. The van der Waals surface area contributed by atoms with Crippen molar-refractivity contribution in [3.8, 4) is 0 Å². The SMILES string of the molecule is CCCCCCCCC(CC)OC(=O)NCCCCOC(=O)CCN(CCC(=O)OCCCCNC(=O)OC(CC)CCCCCCCC)CCN1CCCCC1. The number of piperidine rings is 1. The van der Waals surface area contributed by atoms with E-state index in [0.717, 1.165) is 64.7 Å². The maximum atomic E-state index is 12.6. The molecule has 2 N–H and O–H groups in total. The fourth-order valence-electron chi connectivity index (χ4n) is 7.03. The first-order valence-corrected chi connectivity index (χ1v) is 23.5. The third kappa shape index (κ3) is 32.0. The number of carbonyl (C=O) groups is 4. The summed E-state index contributed by atoms with van der Waals surface area (Å²) in [5, 5.41) is 5.66. The van der Waals surface area contributed by atoms with Crippen molar-refractivity contribution in [1.82, 2.24) is 20.4 Å². The van der Waals surface area contributed by atoms with Crippen molar-refractivity contribution in [3.63, 3.8) is 0 Å². The first-order chi connectivity index (χ1) is 27.8. The van der Waals surface area contributed by atoms with E-state index in [2.05, 4.69) is 48.1 Å². The summed E-state index contributed by atoms with van der Waals surface area (Å²) in [7, 11) is 0. The minimum atomic E-state index is -0.372. The smallest absolute Gasteiger partial charge is 0.407 e. The van der Waals surface area contributed by atoms with Crippen LogP contribution in [-0.4, -0.2) is 112 Å². The number of hydrogen-bond donors (Lipinski definition) is 2. The van der Waals surface area contributed by atoms with Crippen LogP contribution in [0, 0.1) is 0 Å². The Bertz CT molecular complexity index is 930. The molecule has 2 atom stereocenters. The summed E-state index contributed by atoms with van der Waals surface area (Å²) in [5.41, 5.74) is 0. The molecule has 2 unspecified atom stereocenters. The van der Waals surface area contributed by atoms with Crippen LogP contribution in [0.15, 0.2) is 0 Å². The second-order valence-electron chi connectivity index (χ2n) is 15.9. The van der Waals surface area contributed by atoms with Gasteiger partial charge in [-0.1, -0.05) is 98.3 Å². The van der Waals surface area contributed by atoms with Crippen molar-refractivity contribution >= 4 is 24.1 Å². The van der Waals surface area contributed by atoms with Gasteiger partial charge in [0, 0.05) is 39.3 Å². The molecule has 0 aliphatic carbocycles. The molecule has 0 radical (unpaired) electrons. The van der Waals surface area contributed by atoms with Crippen LogP contribution in [-0.2, 0) is 28.5 Å². The average Bonchev–Trinajstić information content (AvgIpc) is 3.22. The third-order valence-electron chi connectivity index (χ3n) is 10.9. The van der Waals surface area contributed by atoms with Gasteiger partial charge in [-0.15, -0.1) is 0 Å². The molecular weight excluding hydrogens is 725 g/mol. The first kappa shape index (κ1) is 52.4. The summed E-state index contributed by atoms with van der Waals surface area (Å²) in [6, 6.07) is 0. The number of rotatable bonds is 37. The van der Waals surface area contributed by atoms with E-state index in [1.54, 1.807) is 0 Å². The van der Waals surface area contributed by atoms with Crippen LogP contribution >= 0.6 is 0 Å². The average molecular weight is 811 g/mol. The molecule has 334 valence electrons. The highest BCUT2D eigenvalue weighted by Gasteiger charge is 2.17. The molecule has 1 rings (SSSR count). The molecule has 0 spiro atoms. The normalized spacial score (nSPS) is 14.2. The molecule has 1 aliphatic rings. The fourth-order valence-corrected chi connectivity index (χ4v) is 7.03. The third-order valence-corrected chi connectivity index (χ3v) is 10.9. The Labute approximate surface area is 348 Å². The Morgan fingerprint density at radius 2 is 0.982 bits per heavy atom. The second kappa shape index (κ2) is 37.7. The van der Waals surface area contributed by atoms with Gasteiger partial charge in [0.05, 0.1) is 26.1 Å². The highest BCUT2D eigenvalue weighted by Crippen LogP contribution is 2.14. The Balaban J connectivity index is 2.25. The van der Waals surface area contributed by atoms with E-state index in [9.17, 15) is 19.2 Å². The molecule has 1 heterocycles. The zero-order valence-electron chi connectivity index (χ0n) is 37.1. The number of hydrogen-bond acceptors (Lipinski definition) is 10. The minimum absolute atomic E-state index is 0.0435. The van der Waals surface area contributed by atoms with Gasteiger partial charge < -0.3 is 39.4 Å². The fraction of sp³-hybridized carbons (Fsp3) is 0.911. The second-order valence-corrected chi connectivity index (χ2v) is 15.9. The van der Waals surface area contributed by atoms with Gasteiger partial charge in [-0.2, -0.15) is 0 Å². The maximum absolute atomic E-state index is 12.6. The largest absolute Gasteiger partial charge is 0.466 e. The lowest BCUT2D eigenvalue weighted by Gasteiger charge is -2.29. The van der Waals surface area contributed by atoms with E-state index < -0.39 is 0 Å². The Morgan fingerprint density at radius 1 is 0.544 bits per heavy atom. The van der Waals surface area contributed by atoms with E-state index in [4.69, 9.17) is 18.9 Å². The Kier molecular flexibility index (Phi) is 34.6. The zero-order chi connectivity index (χ0) is 41.6. The van der Waals surface area contributed by atoms with E-state index in [1.165, 1.54) is 83.5 Å². The molecule has 1 aliphatic heterocycles. The summed E-state index contributed by atoms with van der Waals surface area (Å²) in [5.74, 6) is -0.511. The van der Waals surface area contributed by atoms with Gasteiger partial charge in [-0.3, -0.25) is 9.59 Å². The number of likely N-dealkylation sites (tertiary alicyclic amines) is 1. The lowest BCUT2D eigenvalue weighted by atomic mass is 10.1. The van der Waals surface area contributed by atoms with Crippen molar-refractivity contribution in [2.24, 2.45) is 0 Å².